The van der Waals surface area contributed by atoms with E-state index in [0.29, 0.717) is 64.1 Å². The molecule has 14 heteroatoms. The molecule has 2 aromatic rings. The smallest absolute Gasteiger partial charge is 0.213 e. The van der Waals surface area contributed by atoms with E-state index in [1.165, 1.54) is 12.3 Å². The molecule has 0 amide bonds. The number of nitrogens with one attached hydrogen (secondary N) is 1. The Morgan fingerprint density at radius 3 is 2.10 bits per heavy atom. The van der Waals surface area contributed by atoms with Gasteiger partial charge in [0, 0.05) is 36.7 Å². The number of nitrogens with zero attached hydrogens (tertiary/aromatic N) is 1. The van der Waals surface area contributed by atoms with E-state index in [2.05, 4.69) is 10.2 Å². The first-order valence-electron chi connectivity index (χ1n) is 13.4. The summed E-state index contributed by atoms with van der Waals surface area (Å²) in [6.45, 7) is 5.65. The highest BCUT2D eigenvalue weighted by Gasteiger charge is 2.28. The van der Waals surface area contributed by atoms with Crippen molar-refractivity contribution >= 4 is 19.7 Å². The van der Waals surface area contributed by atoms with E-state index in [1.807, 2.05) is 6.92 Å². The first-order valence-corrected chi connectivity index (χ1v) is 17.1. The Labute approximate surface area is 240 Å². The summed E-state index contributed by atoms with van der Waals surface area (Å²) >= 11 is 0. The van der Waals surface area contributed by atoms with Crippen molar-refractivity contribution in [3.05, 3.63) is 47.5 Å². The molecule has 3 heterocycles. The van der Waals surface area contributed by atoms with E-state index in [1.54, 1.807) is 30.3 Å². The lowest BCUT2D eigenvalue weighted by Crippen LogP contribution is -2.49. The molecule has 4 unspecified atom stereocenters. The molecule has 41 heavy (non-hydrogen) atoms. The summed E-state index contributed by atoms with van der Waals surface area (Å²) < 4.78 is 82.8. The van der Waals surface area contributed by atoms with Crippen LogP contribution in [0.15, 0.2) is 46.2 Å². The van der Waals surface area contributed by atoms with Gasteiger partial charge < -0.3 is 28.4 Å². The maximum atomic E-state index is 11.9. The quantitative estimate of drug-likeness (QED) is 0.387. The number of hydrogen-bond acceptors (Lipinski definition) is 12. The lowest BCUT2D eigenvalue weighted by Gasteiger charge is -2.36. The molecule has 3 aliphatic heterocycles. The van der Waals surface area contributed by atoms with Gasteiger partial charge in [0.05, 0.1) is 55.4 Å². The van der Waals surface area contributed by atoms with Crippen LogP contribution in [0.3, 0.4) is 0 Å². The SMILES string of the molecule is CC(NCC1OCc2ccc(S(C)(=O)=O)cc2O1)OCC1CN(CC2OCc3ccc(S(C)(=O)=O)cc3O2)CCO1. The van der Waals surface area contributed by atoms with Gasteiger partial charge in [0.1, 0.15) is 17.7 Å². The van der Waals surface area contributed by atoms with Crippen molar-refractivity contribution < 1.29 is 45.3 Å². The molecule has 1 fully saturated rings. The van der Waals surface area contributed by atoms with Gasteiger partial charge in [-0.2, -0.15) is 0 Å². The van der Waals surface area contributed by atoms with Gasteiger partial charge in [-0.1, -0.05) is 12.1 Å². The first kappa shape index (κ1) is 30.2. The van der Waals surface area contributed by atoms with Crippen LogP contribution in [0, 0.1) is 0 Å². The molecule has 0 aromatic heterocycles. The zero-order chi connectivity index (χ0) is 29.2. The maximum Gasteiger partial charge on any atom is 0.213 e. The number of fused-ring (bicyclic) bond motifs is 2. The zero-order valence-electron chi connectivity index (χ0n) is 23.3. The Balaban J connectivity index is 1.05. The minimum absolute atomic E-state index is 0.149. The van der Waals surface area contributed by atoms with Gasteiger partial charge in [0.25, 0.3) is 0 Å². The second kappa shape index (κ2) is 12.5. The van der Waals surface area contributed by atoms with Crippen LogP contribution >= 0.6 is 0 Å². The van der Waals surface area contributed by atoms with Crippen LogP contribution in [-0.2, 0) is 51.8 Å². The van der Waals surface area contributed by atoms with Gasteiger partial charge in [0.2, 0.25) is 12.6 Å². The molecule has 0 saturated carbocycles. The average Bonchev–Trinajstić information content (AvgIpc) is 2.93. The van der Waals surface area contributed by atoms with Gasteiger partial charge in [-0.15, -0.1) is 0 Å². The number of sulfone groups is 2. The molecule has 1 N–H and O–H groups in total. The summed E-state index contributed by atoms with van der Waals surface area (Å²) in [6.07, 6.45) is 0.771. The van der Waals surface area contributed by atoms with Crippen molar-refractivity contribution in [2.24, 2.45) is 0 Å². The Hall–Kier alpha value is -2.30. The third-order valence-electron chi connectivity index (χ3n) is 7.03. The number of hydrogen-bond donors (Lipinski definition) is 1. The molecule has 226 valence electrons. The second-order valence-electron chi connectivity index (χ2n) is 10.4. The Morgan fingerprint density at radius 1 is 0.902 bits per heavy atom. The van der Waals surface area contributed by atoms with Crippen molar-refractivity contribution in [3.8, 4) is 11.5 Å². The Bertz CT molecular complexity index is 1450. The van der Waals surface area contributed by atoms with Gasteiger partial charge >= 0.3 is 0 Å². The molecule has 12 nitrogen and oxygen atoms in total. The summed E-state index contributed by atoms with van der Waals surface area (Å²) in [6, 6.07) is 9.62. The van der Waals surface area contributed by atoms with Crippen molar-refractivity contribution in [1.29, 1.82) is 0 Å². The predicted octanol–water partition coefficient (Wildman–Crippen LogP) is 1.32. The van der Waals surface area contributed by atoms with Crippen molar-refractivity contribution in [2.75, 3.05) is 51.9 Å². The van der Waals surface area contributed by atoms with Gasteiger partial charge in [-0.25, -0.2) is 16.8 Å². The van der Waals surface area contributed by atoms with Crippen LogP contribution in [0.1, 0.15) is 18.1 Å². The molecular formula is C27H36N2O10S2. The molecule has 0 aliphatic carbocycles. The second-order valence-corrected chi connectivity index (χ2v) is 14.5. The van der Waals surface area contributed by atoms with Gasteiger partial charge in [-0.05, 0) is 31.2 Å². The first-order chi connectivity index (χ1) is 19.4. The van der Waals surface area contributed by atoms with Crippen LogP contribution in [0.5, 0.6) is 11.5 Å². The summed E-state index contributed by atoms with van der Waals surface area (Å²) in [5.74, 6) is 1.03. The average molecular weight is 613 g/mol. The molecule has 4 atom stereocenters. The summed E-state index contributed by atoms with van der Waals surface area (Å²) in [5.41, 5.74) is 1.61. The van der Waals surface area contributed by atoms with Crippen molar-refractivity contribution in [2.45, 2.75) is 54.8 Å². The normalized spacial score (nSPS) is 24.0. The van der Waals surface area contributed by atoms with Crippen LogP contribution in [-0.4, -0.2) is 98.6 Å². The zero-order valence-corrected chi connectivity index (χ0v) is 24.9. The van der Waals surface area contributed by atoms with E-state index in [9.17, 15) is 16.8 Å². The number of benzene rings is 2. The highest BCUT2D eigenvalue weighted by molar-refractivity contribution is 7.91. The lowest BCUT2D eigenvalue weighted by atomic mass is 10.2. The molecule has 0 spiro atoms. The summed E-state index contributed by atoms with van der Waals surface area (Å²) in [4.78, 5) is 2.60. The molecule has 1 saturated heterocycles. The minimum Gasteiger partial charge on any atom is -0.463 e. The standard InChI is InChI=1S/C27H36N2O10S2/c1-18(28-12-26-36-15-19-4-6-22(40(2,30)31)10-24(19)38-26)35-17-21-13-29(8-9-34-21)14-27-37-16-20-5-7-23(41(3,32)33)11-25(20)39-27/h4-7,10-11,18,21,26-28H,8-9,12-17H2,1-3H3. The monoisotopic (exact) mass is 612 g/mol. The third-order valence-corrected chi connectivity index (χ3v) is 9.25. The summed E-state index contributed by atoms with van der Waals surface area (Å²) in [5, 5.41) is 3.23. The highest BCUT2D eigenvalue weighted by Crippen LogP contribution is 2.30. The molecular weight excluding hydrogens is 576 g/mol. The third kappa shape index (κ3) is 7.96. The molecule has 0 radical (unpaired) electrons. The van der Waals surface area contributed by atoms with Crippen LogP contribution < -0.4 is 14.8 Å². The van der Waals surface area contributed by atoms with Gasteiger partial charge in [-0.3, -0.25) is 10.2 Å². The fraction of sp³-hybridized carbons (Fsp3) is 0.556. The summed E-state index contributed by atoms with van der Waals surface area (Å²) in [7, 11) is -6.67. The number of ether oxygens (including phenoxy) is 6. The Kier molecular flexibility index (Phi) is 9.21. The molecule has 2 aromatic carbocycles. The van der Waals surface area contributed by atoms with Crippen LogP contribution in [0.2, 0.25) is 0 Å². The molecule has 5 rings (SSSR count). The molecule has 3 aliphatic rings. The fourth-order valence-corrected chi connectivity index (χ4v) is 6.00. The van der Waals surface area contributed by atoms with E-state index in [0.717, 1.165) is 17.4 Å². The van der Waals surface area contributed by atoms with Crippen LogP contribution in [0.25, 0.3) is 0 Å². The van der Waals surface area contributed by atoms with Crippen molar-refractivity contribution in [3.63, 3.8) is 0 Å². The largest absolute Gasteiger partial charge is 0.463 e. The molecule has 0 bridgehead atoms. The van der Waals surface area contributed by atoms with E-state index < -0.39 is 32.3 Å². The minimum atomic E-state index is -3.33. The number of rotatable bonds is 10. The topological polar surface area (TPSA) is 139 Å². The Morgan fingerprint density at radius 2 is 1.49 bits per heavy atom. The lowest BCUT2D eigenvalue weighted by molar-refractivity contribution is -0.143. The van der Waals surface area contributed by atoms with Crippen LogP contribution in [0.4, 0.5) is 0 Å². The van der Waals surface area contributed by atoms with Gasteiger partial charge in [0.15, 0.2) is 19.7 Å². The maximum absolute atomic E-state index is 11.9. The predicted molar refractivity (Wildman–Crippen MR) is 147 cm³/mol. The number of morpholine rings is 1. The van der Waals surface area contributed by atoms with E-state index >= 15 is 0 Å². The van der Waals surface area contributed by atoms with Crippen molar-refractivity contribution in [1.82, 2.24) is 10.2 Å². The van der Waals surface area contributed by atoms with E-state index in [4.69, 9.17) is 28.4 Å². The highest BCUT2D eigenvalue weighted by atomic mass is 32.2. The van der Waals surface area contributed by atoms with E-state index in [-0.39, 0.29) is 22.1 Å². The fourth-order valence-electron chi connectivity index (χ4n) is 4.73.